The third-order valence-electron chi connectivity index (χ3n) is 4.06. The molecule has 1 heterocycles. The molecular weight excluding hydrogens is 564 g/mol. The van der Waals surface area contributed by atoms with Gasteiger partial charge in [0.2, 0.25) is 0 Å². The Bertz CT molecular complexity index is 1270. The molecule has 0 bridgehead atoms. The highest BCUT2D eigenvalue weighted by molar-refractivity contribution is 5.82. The summed E-state index contributed by atoms with van der Waals surface area (Å²) in [7, 11) is 1.45. The Morgan fingerprint density at radius 3 is 1.60 bits per heavy atom. The first-order chi connectivity index (χ1) is 17.5. The number of aromatic hydroxyl groups is 3. The van der Waals surface area contributed by atoms with Gasteiger partial charge in [-0.05, 0) is 51.1 Å². The standard InChI is InChI=1S/C10H8O3.C8H10O3.C5H8O2.2CO2.6CH4/c1-6-7-2-5-10(12)13-9(7)4-3-8(6)11;1-5-6(9)3-4-7(10)8(5)11-2;1-3-5(6)7-4-2;2*2-1-3;;;;;;/h2-5,11H,1H3;3-4,9-10H,1-2H3;3H,1,4H2,2H3;;;6*1H4. The molecule has 0 spiro atoms. The summed E-state index contributed by atoms with van der Waals surface area (Å²) >= 11 is 0. The number of aryl methyl sites for hydroxylation is 1. The Balaban J connectivity index is -0.0000000628. The molecule has 0 saturated heterocycles. The SMILES string of the molecule is C.C.C.C.C.C.C=CC(=O)OCC.COc1c(O)ccc(O)c1C.Cc1c(O)ccc2oc(=O)ccc12.O=C=O.O=C=O. The fourth-order valence-corrected chi connectivity index (χ4v) is 2.41. The number of benzene rings is 2. The number of methoxy groups -OCH3 is 1. The van der Waals surface area contributed by atoms with Gasteiger partial charge in [0.05, 0.1) is 13.7 Å². The molecule has 0 unspecified atom stereocenters. The molecule has 12 heteroatoms. The van der Waals surface area contributed by atoms with E-state index in [9.17, 15) is 19.8 Å². The Kier molecular flexibility index (Phi) is 44.3. The number of carbonyl (C=O) groups excluding carboxylic acids is 5. The smallest absolute Gasteiger partial charge is 0.373 e. The topological polar surface area (TPSA) is 195 Å². The zero-order valence-electron chi connectivity index (χ0n) is 20.5. The van der Waals surface area contributed by atoms with Gasteiger partial charge >= 0.3 is 23.9 Å². The lowest BCUT2D eigenvalue weighted by molar-refractivity contribution is -0.193. The molecule has 3 N–H and O–H groups in total. The van der Waals surface area contributed by atoms with Crippen molar-refractivity contribution in [1.29, 1.82) is 0 Å². The number of esters is 1. The fraction of sp³-hybridized carbons (Fsp3) is 0.355. The molecule has 3 rings (SSSR count). The molecule has 0 aliphatic heterocycles. The zero-order valence-corrected chi connectivity index (χ0v) is 20.5. The van der Waals surface area contributed by atoms with Gasteiger partial charge in [-0.1, -0.05) is 51.1 Å². The maximum absolute atomic E-state index is 10.9. The van der Waals surface area contributed by atoms with E-state index in [0.29, 0.717) is 23.5 Å². The highest BCUT2D eigenvalue weighted by Gasteiger charge is 2.07. The first-order valence-electron chi connectivity index (χ1n) is 10.0. The minimum atomic E-state index is -0.377. The van der Waals surface area contributed by atoms with Gasteiger partial charge in [-0.3, -0.25) is 0 Å². The van der Waals surface area contributed by atoms with Crippen LogP contribution in [0.5, 0.6) is 23.0 Å². The van der Waals surface area contributed by atoms with Gasteiger partial charge in [-0.25, -0.2) is 9.59 Å². The van der Waals surface area contributed by atoms with Crippen LogP contribution in [-0.4, -0.2) is 47.3 Å². The van der Waals surface area contributed by atoms with Crippen LogP contribution in [-0.2, 0) is 28.7 Å². The lowest BCUT2D eigenvalue weighted by Crippen LogP contribution is -1.97. The van der Waals surface area contributed by atoms with Crippen molar-refractivity contribution < 1.29 is 53.2 Å². The monoisotopic (exact) mass is 614 g/mol. The van der Waals surface area contributed by atoms with Crippen molar-refractivity contribution >= 4 is 29.2 Å². The normalized spacial score (nSPS) is 7.26. The number of phenols is 3. The predicted molar refractivity (Wildman–Crippen MR) is 167 cm³/mol. The second-order valence-corrected chi connectivity index (χ2v) is 6.26. The summed E-state index contributed by atoms with van der Waals surface area (Å²) < 4.78 is 14.2. The Labute approximate surface area is 255 Å². The molecule has 0 radical (unpaired) electrons. The van der Waals surface area contributed by atoms with Crippen molar-refractivity contribution in [1.82, 2.24) is 0 Å². The van der Waals surface area contributed by atoms with Crippen LogP contribution in [0.1, 0.15) is 62.6 Å². The van der Waals surface area contributed by atoms with E-state index in [1.165, 1.54) is 31.4 Å². The average Bonchev–Trinajstić information content (AvgIpc) is 2.86. The lowest BCUT2D eigenvalue weighted by atomic mass is 10.1. The lowest BCUT2D eigenvalue weighted by Gasteiger charge is -2.07. The van der Waals surface area contributed by atoms with Crippen LogP contribution in [0.2, 0.25) is 0 Å². The van der Waals surface area contributed by atoms with Gasteiger partial charge in [0, 0.05) is 28.7 Å². The molecule has 3 aromatic rings. The van der Waals surface area contributed by atoms with E-state index >= 15 is 0 Å². The molecule has 0 aliphatic rings. The number of fused-ring (bicyclic) bond motifs is 1. The van der Waals surface area contributed by atoms with Crippen LogP contribution >= 0.6 is 0 Å². The number of ether oxygens (including phenoxy) is 2. The summed E-state index contributed by atoms with van der Waals surface area (Å²) in [6.07, 6.45) is 1.64. The van der Waals surface area contributed by atoms with E-state index in [2.05, 4.69) is 11.3 Å². The number of rotatable bonds is 3. The highest BCUT2D eigenvalue weighted by Crippen LogP contribution is 2.34. The van der Waals surface area contributed by atoms with Crippen molar-refractivity contribution in [3.05, 3.63) is 70.6 Å². The quantitative estimate of drug-likeness (QED) is 0.124. The van der Waals surface area contributed by atoms with E-state index in [1.807, 2.05) is 0 Å². The van der Waals surface area contributed by atoms with Gasteiger partial charge in [-0.2, -0.15) is 19.2 Å². The molecule has 0 atom stereocenters. The second-order valence-electron chi connectivity index (χ2n) is 6.26. The molecule has 0 fully saturated rings. The number of phenolic OH excluding ortho intramolecular Hbond substituents is 3. The molecule has 43 heavy (non-hydrogen) atoms. The van der Waals surface area contributed by atoms with E-state index in [4.69, 9.17) is 33.4 Å². The molecule has 0 amide bonds. The largest absolute Gasteiger partial charge is 0.508 e. The molecule has 12 nitrogen and oxygen atoms in total. The maximum atomic E-state index is 10.9. The van der Waals surface area contributed by atoms with E-state index in [0.717, 1.165) is 17.0 Å². The third-order valence-corrected chi connectivity index (χ3v) is 4.06. The van der Waals surface area contributed by atoms with Crippen LogP contribution in [0, 0.1) is 13.8 Å². The Morgan fingerprint density at radius 2 is 1.23 bits per heavy atom. The number of hydrogen-bond donors (Lipinski definition) is 3. The molecular formula is C31H50O12. The van der Waals surface area contributed by atoms with Crippen molar-refractivity contribution in [2.75, 3.05) is 13.7 Å². The van der Waals surface area contributed by atoms with Gasteiger partial charge in [-0.15, -0.1) is 0 Å². The van der Waals surface area contributed by atoms with Crippen molar-refractivity contribution in [2.45, 2.75) is 65.3 Å². The van der Waals surface area contributed by atoms with Crippen LogP contribution in [0.25, 0.3) is 11.0 Å². The third kappa shape index (κ3) is 22.2. The molecule has 1 aromatic heterocycles. The Morgan fingerprint density at radius 1 is 0.814 bits per heavy atom. The van der Waals surface area contributed by atoms with Gasteiger partial charge in [0.1, 0.15) is 17.1 Å². The van der Waals surface area contributed by atoms with Crippen LogP contribution in [0.4, 0.5) is 0 Å². The van der Waals surface area contributed by atoms with Crippen molar-refractivity contribution in [3.8, 4) is 23.0 Å². The van der Waals surface area contributed by atoms with Crippen LogP contribution in [0.3, 0.4) is 0 Å². The van der Waals surface area contributed by atoms with Gasteiger partial charge in [0.25, 0.3) is 0 Å². The number of carbonyl (C=O) groups is 1. The minimum absolute atomic E-state index is 0. The Hall–Kier alpha value is -5.18. The van der Waals surface area contributed by atoms with E-state index in [1.54, 1.807) is 32.9 Å². The zero-order chi connectivity index (χ0) is 29.0. The van der Waals surface area contributed by atoms with Crippen LogP contribution < -0.4 is 10.4 Å². The first kappa shape index (κ1) is 57.7. The van der Waals surface area contributed by atoms with Gasteiger partial charge < -0.3 is 29.2 Å². The predicted octanol–water partition coefficient (Wildman–Crippen LogP) is 6.61. The molecule has 0 saturated carbocycles. The molecule has 246 valence electrons. The highest BCUT2D eigenvalue weighted by atomic mass is 16.5. The van der Waals surface area contributed by atoms with E-state index < -0.39 is 0 Å². The second kappa shape index (κ2) is 33.0. The number of hydrogen-bond acceptors (Lipinski definition) is 12. The van der Waals surface area contributed by atoms with Crippen molar-refractivity contribution in [2.24, 2.45) is 0 Å². The summed E-state index contributed by atoms with van der Waals surface area (Å²) in [6, 6.07) is 8.90. The summed E-state index contributed by atoms with van der Waals surface area (Å²) in [5.41, 5.74) is 1.40. The first-order valence-corrected chi connectivity index (χ1v) is 10.0. The van der Waals surface area contributed by atoms with Gasteiger partial charge in [0.15, 0.2) is 11.5 Å². The minimum Gasteiger partial charge on any atom is -0.508 e. The summed E-state index contributed by atoms with van der Waals surface area (Å²) in [5.74, 6) is 0.344. The van der Waals surface area contributed by atoms with E-state index in [-0.39, 0.29) is 85.7 Å². The fourth-order valence-electron chi connectivity index (χ4n) is 2.41. The molecule has 2 aromatic carbocycles. The van der Waals surface area contributed by atoms with Crippen molar-refractivity contribution in [3.63, 3.8) is 0 Å². The van der Waals surface area contributed by atoms with Crippen LogP contribution in [0.15, 0.2) is 58.3 Å². The maximum Gasteiger partial charge on any atom is 0.373 e. The molecule has 0 aliphatic carbocycles. The summed E-state index contributed by atoms with van der Waals surface area (Å²) in [4.78, 5) is 53.4. The average molecular weight is 615 g/mol. The summed E-state index contributed by atoms with van der Waals surface area (Å²) in [6.45, 7) is 8.83. The summed E-state index contributed by atoms with van der Waals surface area (Å²) in [5, 5.41) is 28.5.